The maximum Gasteiger partial charge on any atom is 0.426 e. The molecule has 0 radical (unpaired) electrons. The van der Waals surface area contributed by atoms with Gasteiger partial charge in [0, 0.05) is 23.5 Å². The normalized spacial score (nSPS) is 22.0. The van der Waals surface area contributed by atoms with Crippen LogP contribution >= 0.6 is 0 Å². The molecular formula is C19H22F12N2O5. The van der Waals surface area contributed by atoms with E-state index in [1.54, 1.807) is 5.32 Å². The fourth-order valence-corrected chi connectivity index (χ4v) is 4.03. The first-order valence-electron chi connectivity index (χ1n) is 10.4. The summed E-state index contributed by atoms with van der Waals surface area (Å²) in [6, 6.07) is -3.73. The molecule has 2 amide bonds. The molecule has 222 valence electrons. The van der Waals surface area contributed by atoms with Crippen LogP contribution in [0.3, 0.4) is 0 Å². The topological polar surface area (TPSA) is 108 Å². The lowest BCUT2D eigenvalue weighted by Crippen LogP contribution is -2.68. The van der Waals surface area contributed by atoms with E-state index in [4.69, 9.17) is 0 Å². The van der Waals surface area contributed by atoms with E-state index >= 15 is 0 Å². The van der Waals surface area contributed by atoms with Crippen LogP contribution in [0.2, 0.25) is 0 Å². The van der Waals surface area contributed by atoms with Crippen molar-refractivity contribution in [2.75, 3.05) is 13.2 Å². The fraction of sp³-hybridized carbons (Fsp3) is 0.789. The van der Waals surface area contributed by atoms with Crippen LogP contribution in [0, 0.1) is 11.8 Å². The molecule has 0 spiro atoms. The highest BCUT2D eigenvalue weighted by molar-refractivity contribution is 5.86. The predicted octanol–water partition coefficient (Wildman–Crippen LogP) is 3.90. The molecule has 0 heterocycles. The van der Waals surface area contributed by atoms with E-state index in [-0.39, 0.29) is 5.57 Å². The van der Waals surface area contributed by atoms with Crippen LogP contribution < -0.4 is 10.6 Å². The first-order chi connectivity index (χ1) is 16.8. The van der Waals surface area contributed by atoms with Gasteiger partial charge in [0.15, 0.2) is 0 Å². The zero-order chi connectivity index (χ0) is 30.1. The van der Waals surface area contributed by atoms with Gasteiger partial charge in [0.05, 0.1) is 6.54 Å². The van der Waals surface area contributed by atoms with Crippen LogP contribution in [-0.4, -0.2) is 77.3 Å². The zero-order valence-electron chi connectivity index (χ0n) is 19.1. The first-order valence-corrected chi connectivity index (χ1v) is 10.4. The molecule has 1 aliphatic rings. The Morgan fingerprint density at radius 2 is 1.16 bits per heavy atom. The Morgan fingerprint density at radius 1 is 0.789 bits per heavy atom. The molecular weight excluding hydrogens is 564 g/mol. The van der Waals surface area contributed by atoms with Gasteiger partial charge in [-0.1, -0.05) is 6.58 Å². The highest BCUT2D eigenvalue weighted by Crippen LogP contribution is 2.57. The van der Waals surface area contributed by atoms with Crippen LogP contribution in [0.4, 0.5) is 57.5 Å². The Morgan fingerprint density at radius 3 is 1.47 bits per heavy atom. The molecule has 0 saturated heterocycles. The van der Waals surface area contributed by atoms with Crippen molar-refractivity contribution in [2.45, 2.75) is 68.1 Å². The zero-order valence-corrected chi connectivity index (χ0v) is 19.1. The maximum atomic E-state index is 13.4. The van der Waals surface area contributed by atoms with Gasteiger partial charge in [0.25, 0.3) is 11.2 Å². The summed E-state index contributed by atoms with van der Waals surface area (Å²) in [5.41, 5.74) is -11.6. The lowest BCUT2D eigenvalue weighted by atomic mass is 9.65. The summed E-state index contributed by atoms with van der Waals surface area (Å²) in [5.74, 6) is -7.72. The number of esters is 1. The van der Waals surface area contributed by atoms with Crippen molar-refractivity contribution in [3.63, 3.8) is 0 Å². The van der Waals surface area contributed by atoms with E-state index in [1.165, 1.54) is 6.92 Å². The molecule has 4 N–H and O–H groups in total. The van der Waals surface area contributed by atoms with E-state index < -0.39 is 98.2 Å². The number of carbonyl (C=O) groups excluding carboxylic acids is 2. The summed E-state index contributed by atoms with van der Waals surface area (Å²) in [5, 5.41) is 22.8. The minimum absolute atomic E-state index is 0.0580. The predicted molar refractivity (Wildman–Crippen MR) is 101 cm³/mol. The Kier molecular flexibility index (Phi) is 9.70. The number of aliphatic hydroxyl groups is 2. The second-order valence-electron chi connectivity index (χ2n) is 8.64. The molecule has 19 heteroatoms. The summed E-state index contributed by atoms with van der Waals surface area (Å²) < 4.78 is 165. The number of hydrogen-bond donors (Lipinski definition) is 4. The van der Waals surface area contributed by atoms with Gasteiger partial charge in [-0.3, -0.25) is 0 Å². The van der Waals surface area contributed by atoms with Crippen molar-refractivity contribution < 1.29 is 77.2 Å². The molecule has 2 unspecified atom stereocenters. The number of nitrogens with one attached hydrogen (secondary N) is 2. The molecule has 1 rings (SSSR count). The summed E-state index contributed by atoms with van der Waals surface area (Å²) in [6.07, 6.45) is -31.8. The quantitative estimate of drug-likeness (QED) is 0.157. The average molecular weight is 586 g/mol. The number of alkyl halides is 12. The highest BCUT2D eigenvalue weighted by Gasteiger charge is 2.78. The Bertz CT molecular complexity index is 807. The van der Waals surface area contributed by atoms with Gasteiger partial charge in [-0.05, 0) is 26.2 Å². The highest BCUT2D eigenvalue weighted by atomic mass is 19.4. The van der Waals surface area contributed by atoms with Gasteiger partial charge >= 0.3 is 36.7 Å². The van der Waals surface area contributed by atoms with Gasteiger partial charge in [-0.25, -0.2) is 9.59 Å². The van der Waals surface area contributed by atoms with Crippen molar-refractivity contribution in [2.24, 2.45) is 11.8 Å². The third kappa shape index (κ3) is 6.76. The third-order valence-corrected chi connectivity index (χ3v) is 5.92. The molecule has 1 aliphatic carbocycles. The van der Waals surface area contributed by atoms with E-state index in [2.05, 4.69) is 11.3 Å². The van der Waals surface area contributed by atoms with E-state index in [9.17, 15) is 72.5 Å². The molecule has 0 aliphatic heterocycles. The number of amides is 2. The van der Waals surface area contributed by atoms with Crippen LogP contribution in [0.15, 0.2) is 12.2 Å². The smallest absolute Gasteiger partial charge is 0.426 e. The van der Waals surface area contributed by atoms with Crippen molar-refractivity contribution in [1.29, 1.82) is 0 Å². The van der Waals surface area contributed by atoms with Gasteiger partial charge in [0.1, 0.15) is 6.61 Å². The Hall–Kier alpha value is -2.44. The van der Waals surface area contributed by atoms with Crippen LogP contribution in [-0.2, 0) is 9.53 Å². The third-order valence-electron chi connectivity index (χ3n) is 5.92. The van der Waals surface area contributed by atoms with E-state index in [1.807, 2.05) is 5.32 Å². The number of ether oxygens (including phenoxy) is 1. The molecule has 0 bridgehead atoms. The monoisotopic (exact) mass is 586 g/mol. The van der Waals surface area contributed by atoms with Gasteiger partial charge in [-0.15, -0.1) is 0 Å². The lowest BCUT2D eigenvalue weighted by Gasteiger charge is -2.48. The number of carbonyl (C=O) groups is 2. The van der Waals surface area contributed by atoms with Gasteiger partial charge in [0.2, 0.25) is 0 Å². The number of urea groups is 1. The summed E-state index contributed by atoms with van der Waals surface area (Å²) in [4.78, 5) is 23.2. The fourth-order valence-electron chi connectivity index (χ4n) is 4.03. The van der Waals surface area contributed by atoms with E-state index in [0.29, 0.717) is 0 Å². The maximum absolute atomic E-state index is 13.4. The molecule has 2 atom stereocenters. The molecule has 0 aromatic carbocycles. The standard InChI is InChI=1S/C19H22F12N2O5/c1-8(2)12(34)38-4-3-32-13(35)33-11-6-9(14(36,16(20,21)22)17(23,24)25)5-10(7-11)15(37,18(26,27)28)19(29,30)31/h9-11,36-37H,1,3-7H2,2H3,(H2,32,33,35). The van der Waals surface area contributed by atoms with Crippen LogP contribution in [0.25, 0.3) is 0 Å². The van der Waals surface area contributed by atoms with E-state index in [0.717, 1.165) is 0 Å². The van der Waals surface area contributed by atoms with Crippen molar-refractivity contribution in [3.05, 3.63) is 12.2 Å². The molecule has 7 nitrogen and oxygen atoms in total. The largest absolute Gasteiger partial charge is 0.460 e. The summed E-state index contributed by atoms with van der Waals surface area (Å²) >= 11 is 0. The SMILES string of the molecule is C=C(C)C(=O)OCCNC(=O)NC1CC(C(O)(C(F)(F)F)C(F)(F)F)CC(C(O)(C(F)(F)F)C(F)(F)F)C1. The number of hydrogen-bond acceptors (Lipinski definition) is 5. The number of rotatable bonds is 7. The molecule has 1 fully saturated rings. The Balaban J connectivity index is 3.36. The molecule has 38 heavy (non-hydrogen) atoms. The minimum Gasteiger partial charge on any atom is -0.460 e. The Labute approximate surface area is 206 Å². The lowest BCUT2D eigenvalue weighted by molar-refractivity contribution is -0.403. The summed E-state index contributed by atoms with van der Waals surface area (Å²) in [7, 11) is 0. The van der Waals surface area contributed by atoms with Crippen molar-refractivity contribution in [3.8, 4) is 0 Å². The van der Waals surface area contributed by atoms with Crippen molar-refractivity contribution in [1.82, 2.24) is 10.6 Å². The van der Waals surface area contributed by atoms with Gasteiger partial charge in [-0.2, -0.15) is 52.7 Å². The molecule has 0 aromatic rings. The first kappa shape index (κ1) is 33.6. The summed E-state index contributed by atoms with van der Waals surface area (Å²) in [6.45, 7) is 3.40. The van der Waals surface area contributed by atoms with Crippen LogP contribution in [0.5, 0.6) is 0 Å². The average Bonchev–Trinajstić information content (AvgIpc) is 2.71. The molecule has 1 saturated carbocycles. The molecule has 0 aromatic heterocycles. The minimum atomic E-state index is -6.62. The van der Waals surface area contributed by atoms with Gasteiger partial charge < -0.3 is 25.6 Å². The second kappa shape index (κ2) is 11.0. The van der Waals surface area contributed by atoms with Crippen molar-refractivity contribution >= 4 is 12.0 Å². The van der Waals surface area contributed by atoms with Crippen LogP contribution in [0.1, 0.15) is 26.2 Å². The number of halogens is 12. The second-order valence-corrected chi connectivity index (χ2v) is 8.64.